The Kier molecular flexibility index (Phi) is 7.07. The lowest BCUT2D eigenvalue weighted by Gasteiger charge is -2.04. The Hall–Kier alpha value is -0.180. The summed E-state index contributed by atoms with van der Waals surface area (Å²) in [5.74, 6) is -0.346. The summed E-state index contributed by atoms with van der Waals surface area (Å²) in [7, 11) is 1.56. The molecule has 0 amide bonds. The van der Waals surface area contributed by atoms with Gasteiger partial charge in [-0.05, 0) is 6.42 Å². The average Bonchev–Trinajstić information content (AvgIpc) is 2.84. The largest absolute Gasteiger partial charge is 0.383 e. The van der Waals surface area contributed by atoms with Crippen LogP contribution in [-0.2, 0) is 4.74 Å². The highest BCUT2D eigenvalue weighted by atomic mass is 127. The van der Waals surface area contributed by atoms with Crippen molar-refractivity contribution in [1.29, 1.82) is 0 Å². The van der Waals surface area contributed by atoms with Crippen LogP contribution in [0.2, 0.25) is 0 Å². The number of halogens is 3. The summed E-state index contributed by atoms with van der Waals surface area (Å²) >= 11 is 0. The molecule has 0 spiro atoms. The molecule has 1 fully saturated rings. The molecule has 90 valence electrons. The molecular weight excluding hydrogens is 319 g/mol. The molecule has 7 heteroatoms. The van der Waals surface area contributed by atoms with Crippen LogP contribution >= 0.6 is 24.0 Å². The molecule has 1 aliphatic carbocycles. The van der Waals surface area contributed by atoms with Gasteiger partial charge in [0.15, 0.2) is 5.96 Å². The van der Waals surface area contributed by atoms with Gasteiger partial charge in [0, 0.05) is 19.1 Å². The number of guanidine groups is 1. The van der Waals surface area contributed by atoms with Crippen LogP contribution < -0.4 is 11.1 Å². The molecule has 1 rings (SSSR count). The van der Waals surface area contributed by atoms with Crippen molar-refractivity contribution in [2.75, 3.05) is 20.3 Å². The van der Waals surface area contributed by atoms with Crippen LogP contribution in [0.1, 0.15) is 6.42 Å². The van der Waals surface area contributed by atoms with Gasteiger partial charge in [0.2, 0.25) is 6.43 Å². The van der Waals surface area contributed by atoms with Crippen LogP contribution in [0.15, 0.2) is 4.99 Å². The molecule has 0 aliphatic heterocycles. The van der Waals surface area contributed by atoms with Crippen molar-refractivity contribution >= 4 is 29.9 Å². The molecule has 0 heterocycles. The second-order valence-corrected chi connectivity index (χ2v) is 3.24. The number of alkyl halides is 2. The van der Waals surface area contributed by atoms with Gasteiger partial charge in [-0.1, -0.05) is 0 Å². The Morgan fingerprint density at radius 3 is 2.80 bits per heavy atom. The monoisotopic (exact) mass is 335 g/mol. The van der Waals surface area contributed by atoms with E-state index in [9.17, 15) is 8.78 Å². The molecule has 4 nitrogen and oxygen atoms in total. The van der Waals surface area contributed by atoms with Crippen molar-refractivity contribution in [1.82, 2.24) is 5.32 Å². The molecular formula is C8H16F2IN3O. The van der Waals surface area contributed by atoms with Gasteiger partial charge in [0.25, 0.3) is 0 Å². The molecule has 2 atom stereocenters. The van der Waals surface area contributed by atoms with Crippen LogP contribution in [0.25, 0.3) is 0 Å². The molecule has 0 aromatic rings. The minimum Gasteiger partial charge on any atom is -0.383 e. The van der Waals surface area contributed by atoms with Crippen LogP contribution in [0.5, 0.6) is 0 Å². The number of rotatable bonds is 5. The minimum atomic E-state index is -2.26. The molecule has 3 N–H and O–H groups in total. The van der Waals surface area contributed by atoms with E-state index in [4.69, 9.17) is 10.5 Å². The summed E-state index contributed by atoms with van der Waals surface area (Å²) < 4.78 is 28.9. The predicted octanol–water partition coefficient (Wildman–Crippen LogP) is 0.809. The highest BCUT2D eigenvalue weighted by Crippen LogP contribution is 2.35. The molecule has 0 aromatic heterocycles. The van der Waals surface area contributed by atoms with Crippen LogP contribution in [0, 0.1) is 5.92 Å². The Morgan fingerprint density at radius 1 is 1.67 bits per heavy atom. The predicted molar refractivity (Wildman–Crippen MR) is 64.8 cm³/mol. The highest BCUT2D eigenvalue weighted by Gasteiger charge is 2.44. The van der Waals surface area contributed by atoms with E-state index in [-0.39, 0.29) is 36.0 Å². The Bertz CT molecular complexity index is 216. The van der Waals surface area contributed by atoms with Gasteiger partial charge in [-0.3, -0.25) is 4.99 Å². The average molecular weight is 335 g/mol. The van der Waals surface area contributed by atoms with Gasteiger partial charge < -0.3 is 15.8 Å². The molecule has 0 saturated heterocycles. The number of hydrogen-bond donors (Lipinski definition) is 2. The van der Waals surface area contributed by atoms with Crippen molar-refractivity contribution in [3.63, 3.8) is 0 Å². The van der Waals surface area contributed by atoms with E-state index in [0.29, 0.717) is 19.6 Å². The molecule has 0 bridgehead atoms. The molecule has 0 radical (unpaired) electrons. The fourth-order valence-electron chi connectivity index (χ4n) is 1.15. The number of hydrogen-bond acceptors (Lipinski definition) is 2. The second-order valence-electron chi connectivity index (χ2n) is 3.24. The third-order valence-electron chi connectivity index (χ3n) is 2.07. The molecule has 0 aromatic carbocycles. The minimum absolute atomic E-state index is 0. The van der Waals surface area contributed by atoms with Gasteiger partial charge >= 0.3 is 0 Å². The first-order valence-corrected chi connectivity index (χ1v) is 4.48. The number of nitrogens with zero attached hydrogens (tertiary/aromatic N) is 1. The van der Waals surface area contributed by atoms with Gasteiger partial charge in [-0.25, -0.2) is 8.78 Å². The van der Waals surface area contributed by atoms with Crippen molar-refractivity contribution < 1.29 is 13.5 Å². The zero-order valence-corrected chi connectivity index (χ0v) is 10.8. The van der Waals surface area contributed by atoms with Crippen LogP contribution in [0.3, 0.4) is 0 Å². The molecule has 1 aliphatic rings. The topological polar surface area (TPSA) is 59.6 Å². The van der Waals surface area contributed by atoms with Crippen LogP contribution in [-0.4, -0.2) is 38.7 Å². The van der Waals surface area contributed by atoms with Crippen molar-refractivity contribution in [2.24, 2.45) is 16.6 Å². The summed E-state index contributed by atoms with van der Waals surface area (Å²) in [6.07, 6.45) is -1.79. The molecule has 1 saturated carbocycles. The quantitative estimate of drug-likeness (QED) is 0.338. The summed E-state index contributed by atoms with van der Waals surface area (Å²) in [6, 6.07) is -0.207. The number of ether oxygens (including phenoxy) is 1. The second kappa shape index (κ2) is 7.15. The van der Waals surface area contributed by atoms with Crippen molar-refractivity contribution in [3.8, 4) is 0 Å². The lowest BCUT2D eigenvalue weighted by atomic mass is 10.4. The van der Waals surface area contributed by atoms with E-state index in [1.54, 1.807) is 7.11 Å². The summed E-state index contributed by atoms with van der Waals surface area (Å²) in [4.78, 5) is 3.90. The fraction of sp³-hybridized carbons (Fsp3) is 0.875. The number of nitrogens with two attached hydrogens (primary N) is 1. The van der Waals surface area contributed by atoms with Crippen molar-refractivity contribution in [3.05, 3.63) is 0 Å². The summed E-state index contributed by atoms with van der Waals surface area (Å²) in [5, 5.41) is 2.74. The maximum Gasteiger partial charge on any atom is 0.243 e. The van der Waals surface area contributed by atoms with Gasteiger partial charge in [0.1, 0.15) is 0 Å². The fourth-order valence-corrected chi connectivity index (χ4v) is 1.15. The van der Waals surface area contributed by atoms with E-state index in [2.05, 4.69) is 10.3 Å². The Morgan fingerprint density at radius 2 is 2.33 bits per heavy atom. The van der Waals surface area contributed by atoms with Crippen LogP contribution in [0.4, 0.5) is 8.78 Å². The zero-order chi connectivity index (χ0) is 10.6. The van der Waals surface area contributed by atoms with Crippen molar-refractivity contribution in [2.45, 2.75) is 18.9 Å². The number of methoxy groups -OCH3 is 1. The molecule has 15 heavy (non-hydrogen) atoms. The smallest absolute Gasteiger partial charge is 0.243 e. The van der Waals surface area contributed by atoms with E-state index in [1.165, 1.54) is 0 Å². The van der Waals surface area contributed by atoms with Gasteiger partial charge in [0.05, 0.1) is 13.2 Å². The third-order valence-corrected chi connectivity index (χ3v) is 2.07. The zero-order valence-electron chi connectivity index (χ0n) is 8.45. The standard InChI is InChI=1S/C8H15F2N3O.HI/c1-14-3-2-12-8(11)13-6-4-5(6)7(9)10;/h5-7H,2-4H2,1H3,(H3,11,12,13);1H/t5-,6-;/m0./s1. The lowest BCUT2D eigenvalue weighted by Crippen LogP contribution is -2.35. The summed E-state index contributed by atoms with van der Waals surface area (Å²) in [6.45, 7) is 0.923. The van der Waals surface area contributed by atoms with E-state index in [1.807, 2.05) is 0 Å². The van der Waals surface area contributed by atoms with E-state index < -0.39 is 12.3 Å². The first-order valence-electron chi connectivity index (χ1n) is 4.48. The molecule has 0 unspecified atom stereocenters. The van der Waals surface area contributed by atoms with E-state index >= 15 is 0 Å². The number of nitrogens with one attached hydrogen (secondary N) is 1. The highest BCUT2D eigenvalue weighted by molar-refractivity contribution is 14.0. The normalized spacial score (nSPS) is 24.9. The Balaban J connectivity index is 0.00000196. The maximum absolute atomic E-state index is 12.1. The maximum atomic E-state index is 12.1. The third kappa shape index (κ3) is 5.45. The summed E-state index contributed by atoms with van der Waals surface area (Å²) in [5.41, 5.74) is 5.46. The van der Waals surface area contributed by atoms with Gasteiger partial charge in [-0.2, -0.15) is 0 Å². The number of aliphatic imine (C=N–C) groups is 1. The van der Waals surface area contributed by atoms with Gasteiger partial charge in [-0.15, -0.1) is 24.0 Å². The Labute approximate surface area is 105 Å². The lowest BCUT2D eigenvalue weighted by molar-refractivity contribution is 0.119. The van der Waals surface area contributed by atoms with E-state index in [0.717, 1.165) is 0 Å². The first kappa shape index (κ1) is 14.8. The SMILES string of the molecule is COCCN=C(N)N[C@H]1C[C@@H]1C(F)F.I. The first-order chi connectivity index (χ1) is 6.65.